The van der Waals surface area contributed by atoms with Crippen LogP contribution in [-0.2, 0) is 4.74 Å². The van der Waals surface area contributed by atoms with Crippen LogP contribution in [0.3, 0.4) is 0 Å². The minimum atomic E-state index is -1.04. The normalized spacial score (nSPS) is 10.7. The number of ether oxygens (including phenoxy) is 1. The lowest BCUT2D eigenvalue weighted by molar-refractivity contribution is 0.0697. The van der Waals surface area contributed by atoms with Crippen molar-refractivity contribution in [3.8, 4) is 0 Å². The fourth-order valence-corrected chi connectivity index (χ4v) is 1.48. The zero-order chi connectivity index (χ0) is 14.3. The van der Waals surface area contributed by atoms with Crippen LogP contribution in [0.5, 0.6) is 0 Å². The van der Waals surface area contributed by atoms with Crippen molar-refractivity contribution in [2.45, 2.75) is 20.3 Å². The van der Waals surface area contributed by atoms with Gasteiger partial charge in [0.05, 0.1) is 11.9 Å². The van der Waals surface area contributed by atoms with E-state index in [0.717, 1.165) is 13.0 Å². The van der Waals surface area contributed by atoms with Crippen LogP contribution in [0.25, 0.3) is 0 Å². The molecule has 0 aliphatic heterocycles. The van der Waals surface area contributed by atoms with E-state index in [-0.39, 0.29) is 5.56 Å². The topological polar surface area (TPSA) is 97.5 Å². The number of carbonyl (C=O) groups is 1. The number of nitrogen functional groups attached to an aromatic ring is 1. The fraction of sp³-hybridized carbons (Fsp3) is 0.538. The lowest BCUT2D eigenvalue weighted by Crippen LogP contribution is -2.12. The summed E-state index contributed by atoms with van der Waals surface area (Å²) in [5, 5.41) is 12.0. The van der Waals surface area contributed by atoms with Crippen LogP contribution in [0.1, 0.15) is 30.6 Å². The number of aromatic nitrogens is 1. The Bertz CT molecular complexity index is 422. The standard InChI is InChI=1S/C13H21N3O3/c1-9(2)8-19-5-3-4-15-12-11(13(17)18)6-10(14)7-16-12/h6-7,9H,3-5,8,14H2,1-2H3,(H,15,16)(H,17,18). The highest BCUT2D eigenvalue weighted by molar-refractivity contribution is 5.94. The summed E-state index contributed by atoms with van der Waals surface area (Å²) in [6.45, 7) is 6.17. The van der Waals surface area contributed by atoms with E-state index in [9.17, 15) is 4.79 Å². The molecule has 6 nitrogen and oxygen atoms in total. The molecule has 0 aromatic carbocycles. The van der Waals surface area contributed by atoms with Crippen LogP contribution >= 0.6 is 0 Å². The summed E-state index contributed by atoms with van der Waals surface area (Å²) in [5.41, 5.74) is 5.94. The number of hydrogen-bond acceptors (Lipinski definition) is 5. The average molecular weight is 267 g/mol. The van der Waals surface area contributed by atoms with Gasteiger partial charge in [-0.15, -0.1) is 0 Å². The molecule has 1 aromatic heterocycles. The van der Waals surface area contributed by atoms with Crippen LogP contribution in [0, 0.1) is 5.92 Å². The minimum Gasteiger partial charge on any atom is -0.478 e. The van der Waals surface area contributed by atoms with Crippen molar-refractivity contribution in [3.63, 3.8) is 0 Å². The van der Waals surface area contributed by atoms with Crippen molar-refractivity contribution < 1.29 is 14.6 Å². The SMILES string of the molecule is CC(C)COCCCNc1ncc(N)cc1C(=O)O. The molecule has 6 heteroatoms. The first-order valence-electron chi connectivity index (χ1n) is 6.31. The second kappa shape index (κ2) is 7.58. The van der Waals surface area contributed by atoms with Crippen LogP contribution in [0.2, 0.25) is 0 Å². The van der Waals surface area contributed by atoms with Gasteiger partial charge in [-0.25, -0.2) is 9.78 Å². The minimum absolute atomic E-state index is 0.0862. The molecule has 0 saturated heterocycles. The Morgan fingerprint density at radius 2 is 2.32 bits per heavy atom. The molecule has 1 heterocycles. The highest BCUT2D eigenvalue weighted by Gasteiger charge is 2.11. The number of aromatic carboxylic acids is 1. The predicted molar refractivity (Wildman–Crippen MR) is 74.4 cm³/mol. The van der Waals surface area contributed by atoms with Crippen molar-refractivity contribution in [3.05, 3.63) is 17.8 Å². The Labute approximate surface area is 113 Å². The summed E-state index contributed by atoms with van der Waals surface area (Å²) in [4.78, 5) is 15.0. The number of pyridine rings is 1. The first-order chi connectivity index (χ1) is 9.00. The third-order valence-corrected chi connectivity index (χ3v) is 2.35. The van der Waals surface area contributed by atoms with E-state index < -0.39 is 5.97 Å². The summed E-state index contributed by atoms with van der Waals surface area (Å²) < 4.78 is 5.43. The highest BCUT2D eigenvalue weighted by Crippen LogP contribution is 2.15. The maximum Gasteiger partial charge on any atom is 0.339 e. The van der Waals surface area contributed by atoms with Crippen molar-refractivity contribution in [1.29, 1.82) is 0 Å². The zero-order valence-corrected chi connectivity index (χ0v) is 11.3. The molecule has 0 aliphatic rings. The molecule has 0 spiro atoms. The monoisotopic (exact) mass is 267 g/mol. The molecule has 106 valence electrons. The van der Waals surface area contributed by atoms with E-state index in [1.807, 2.05) is 0 Å². The van der Waals surface area contributed by atoms with Crippen LogP contribution in [0.4, 0.5) is 11.5 Å². The number of anilines is 2. The molecular weight excluding hydrogens is 246 g/mol. The number of carboxylic acid groups (broad SMARTS) is 1. The van der Waals surface area contributed by atoms with Gasteiger partial charge in [-0.3, -0.25) is 0 Å². The Morgan fingerprint density at radius 3 is 2.95 bits per heavy atom. The van der Waals surface area contributed by atoms with E-state index >= 15 is 0 Å². The summed E-state index contributed by atoms with van der Waals surface area (Å²) in [7, 11) is 0. The quantitative estimate of drug-likeness (QED) is 0.622. The summed E-state index contributed by atoms with van der Waals surface area (Å²) in [6.07, 6.45) is 2.22. The van der Waals surface area contributed by atoms with E-state index in [2.05, 4.69) is 24.1 Å². The molecule has 0 aliphatic carbocycles. The van der Waals surface area contributed by atoms with Crippen LogP contribution in [0.15, 0.2) is 12.3 Å². The van der Waals surface area contributed by atoms with Crippen molar-refractivity contribution in [2.24, 2.45) is 5.92 Å². The second-order valence-corrected chi connectivity index (χ2v) is 4.72. The number of rotatable bonds is 8. The maximum absolute atomic E-state index is 11.0. The molecule has 0 saturated carbocycles. The van der Waals surface area contributed by atoms with Gasteiger partial charge in [-0.2, -0.15) is 0 Å². The number of nitrogens with two attached hydrogens (primary N) is 1. The van der Waals surface area contributed by atoms with Gasteiger partial charge >= 0.3 is 5.97 Å². The van der Waals surface area contributed by atoms with Gasteiger partial charge in [-0.05, 0) is 18.4 Å². The van der Waals surface area contributed by atoms with Gasteiger partial charge in [0.1, 0.15) is 11.4 Å². The lowest BCUT2D eigenvalue weighted by atomic mass is 10.2. The van der Waals surface area contributed by atoms with E-state index in [1.165, 1.54) is 12.3 Å². The molecule has 0 atom stereocenters. The molecule has 0 unspecified atom stereocenters. The van der Waals surface area contributed by atoms with Crippen molar-refractivity contribution >= 4 is 17.5 Å². The Hall–Kier alpha value is -1.82. The van der Waals surface area contributed by atoms with Gasteiger partial charge in [0.2, 0.25) is 0 Å². The molecule has 0 radical (unpaired) electrons. The Morgan fingerprint density at radius 1 is 1.58 bits per heavy atom. The number of carboxylic acids is 1. The second-order valence-electron chi connectivity index (χ2n) is 4.72. The summed E-state index contributed by atoms with van der Waals surface area (Å²) >= 11 is 0. The molecule has 19 heavy (non-hydrogen) atoms. The third kappa shape index (κ3) is 5.56. The molecule has 4 N–H and O–H groups in total. The molecule has 0 amide bonds. The number of nitrogens with one attached hydrogen (secondary N) is 1. The first kappa shape index (κ1) is 15.2. The van der Waals surface area contributed by atoms with E-state index in [0.29, 0.717) is 30.6 Å². The zero-order valence-electron chi connectivity index (χ0n) is 11.3. The van der Waals surface area contributed by atoms with Crippen molar-refractivity contribution in [1.82, 2.24) is 4.98 Å². The Kier molecular flexibility index (Phi) is 6.08. The summed E-state index contributed by atoms with van der Waals surface area (Å²) in [6, 6.07) is 1.40. The van der Waals surface area contributed by atoms with Crippen molar-refractivity contribution in [2.75, 3.05) is 30.8 Å². The van der Waals surface area contributed by atoms with Gasteiger partial charge in [0, 0.05) is 19.8 Å². The molecule has 1 rings (SSSR count). The molecular formula is C13H21N3O3. The van der Waals surface area contributed by atoms with Gasteiger partial charge in [0.25, 0.3) is 0 Å². The maximum atomic E-state index is 11.0. The molecule has 0 fully saturated rings. The van der Waals surface area contributed by atoms with Gasteiger partial charge in [-0.1, -0.05) is 13.8 Å². The largest absolute Gasteiger partial charge is 0.478 e. The number of hydrogen-bond donors (Lipinski definition) is 3. The predicted octanol–water partition coefficient (Wildman–Crippen LogP) is 1.84. The summed E-state index contributed by atoms with van der Waals surface area (Å²) in [5.74, 6) is -0.186. The Balaban J connectivity index is 2.39. The molecule has 0 bridgehead atoms. The first-order valence-corrected chi connectivity index (χ1v) is 6.31. The van der Waals surface area contributed by atoms with Crippen LogP contribution < -0.4 is 11.1 Å². The van der Waals surface area contributed by atoms with Gasteiger partial charge in [0.15, 0.2) is 0 Å². The smallest absolute Gasteiger partial charge is 0.339 e. The van der Waals surface area contributed by atoms with Gasteiger partial charge < -0.3 is 20.9 Å². The number of nitrogens with zero attached hydrogens (tertiary/aromatic N) is 1. The lowest BCUT2D eigenvalue weighted by Gasteiger charge is -2.10. The van der Waals surface area contributed by atoms with E-state index in [1.54, 1.807) is 0 Å². The highest BCUT2D eigenvalue weighted by atomic mass is 16.5. The average Bonchev–Trinajstić information content (AvgIpc) is 2.34. The van der Waals surface area contributed by atoms with Crippen LogP contribution in [-0.4, -0.2) is 35.8 Å². The fourth-order valence-electron chi connectivity index (χ4n) is 1.48. The third-order valence-electron chi connectivity index (χ3n) is 2.35. The molecule has 1 aromatic rings. The van der Waals surface area contributed by atoms with E-state index in [4.69, 9.17) is 15.6 Å².